The standard InChI is InChI=1S/C25H27N5S/c1-3-9-17(10-4-1)15-26-23-22-21(27-16-28-23)20-18-11-5-6-12-19(18)24(29-25(20)31-22)30-13-7-2-8-14-30/h1,3-4,9-10,16H,2,5-8,11-15H2,(H,26,27,28). The van der Waals surface area contributed by atoms with Crippen LogP contribution < -0.4 is 10.2 Å². The van der Waals surface area contributed by atoms with Gasteiger partial charge in [0.1, 0.15) is 22.8 Å². The number of anilines is 2. The second kappa shape index (κ2) is 8.08. The summed E-state index contributed by atoms with van der Waals surface area (Å²) in [5.41, 5.74) is 5.30. The number of rotatable bonds is 4. The Bertz CT molecular complexity index is 1230. The number of nitrogens with zero attached hydrogens (tertiary/aromatic N) is 4. The summed E-state index contributed by atoms with van der Waals surface area (Å²) in [6, 6.07) is 10.5. The molecule has 1 saturated heterocycles. The van der Waals surface area contributed by atoms with Crippen LogP contribution in [0.4, 0.5) is 11.6 Å². The van der Waals surface area contributed by atoms with Gasteiger partial charge in [-0.3, -0.25) is 0 Å². The number of aryl methyl sites for hydroxylation is 1. The maximum Gasteiger partial charge on any atom is 0.147 e. The van der Waals surface area contributed by atoms with Crippen LogP contribution in [-0.4, -0.2) is 28.0 Å². The molecule has 0 radical (unpaired) electrons. The van der Waals surface area contributed by atoms with Gasteiger partial charge in [-0.25, -0.2) is 15.0 Å². The lowest BCUT2D eigenvalue weighted by molar-refractivity contribution is 0.569. The van der Waals surface area contributed by atoms with E-state index in [1.165, 1.54) is 60.0 Å². The predicted octanol–water partition coefficient (Wildman–Crippen LogP) is 5.72. The van der Waals surface area contributed by atoms with Gasteiger partial charge in [-0.05, 0) is 61.6 Å². The van der Waals surface area contributed by atoms with Crippen molar-refractivity contribution in [3.8, 4) is 0 Å². The highest BCUT2D eigenvalue weighted by Crippen LogP contribution is 2.43. The molecule has 4 heterocycles. The minimum atomic E-state index is 0.756. The van der Waals surface area contributed by atoms with E-state index in [1.807, 2.05) is 6.07 Å². The van der Waals surface area contributed by atoms with Crippen LogP contribution >= 0.6 is 11.3 Å². The van der Waals surface area contributed by atoms with E-state index in [2.05, 4.69) is 39.5 Å². The van der Waals surface area contributed by atoms with Gasteiger partial charge < -0.3 is 10.2 Å². The van der Waals surface area contributed by atoms with Gasteiger partial charge in [0, 0.05) is 25.0 Å². The Balaban J connectivity index is 1.47. The lowest BCUT2D eigenvalue weighted by Gasteiger charge is -2.31. The fourth-order valence-electron chi connectivity index (χ4n) is 5.11. The van der Waals surface area contributed by atoms with Gasteiger partial charge in [0.25, 0.3) is 0 Å². The van der Waals surface area contributed by atoms with Crippen molar-refractivity contribution in [3.05, 3.63) is 53.3 Å². The number of thiophene rings is 1. The molecule has 4 aromatic rings. The first-order valence-electron chi connectivity index (χ1n) is 11.5. The number of hydrogen-bond donors (Lipinski definition) is 1. The molecule has 2 aliphatic rings. The summed E-state index contributed by atoms with van der Waals surface area (Å²) in [6.07, 6.45) is 10.4. The molecule has 1 aliphatic carbocycles. The molecule has 0 atom stereocenters. The molecule has 0 unspecified atom stereocenters. The highest BCUT2D eigenvalue weighted by atomic mass is 32.1. The van der Waals surface area contributed by atoms with E-state index >= 15 is 0 Å². The molecule has 0 bridgehead atoms. The van der Waals surface area contributed by atoms with Crippen LogP contribution in [0.5, 0.6) is 0 Å². The summed E-state index contributed by atoms with van der Waals surface area (Å²) in [4.78, 5) is 18.3. The average Bonchev–Trinajstić information content (AvgIpc) is 3.23. The van der Waals surface area contributed by atoms with Crippen molar-refractivity contribution in [2.75, 3.05) is 23.3 Å². The second-order valence-corrected chi connectivity index (χ2v) is 9.67. The monoisotopic (exact) mass is 429 g/mol. The molecule has 0 saturated carbocycles. The third-order valence-corrected chi connectivity index (χ3v) is 7.74. The minimum Gasteiger partial charge on any atom is -0.365 e. The Morgan fingerprint density at radius 2 is 1.71 bits per heavy atom. The zero-order valence-corrected chi connectivity index (χ0v) is 18.5. The van der Waals surface area contributed by atoms with Crippen molar-refractivity contribution in [2.45, 2.75) is 51.5 Å². The average molecular weight is 430 g/mol. The van der Waals surface area contributed by atoms with E-state index in [9.17, 15) is 0 Å². The molecule has 0 amide bonds. The number of fused-ring (bicyclic) bond motifs is 5. The van der Waals surface area contributed by atoms with Crippen molar-refractivity contribution < 1.29 is 0 Å². The Kier molecular flexibility index (Phi) is 4.95. The molecule has 6 rings (SSSR count). The van der Waals surface area contributed by atoms with Crippen LogP contribution in [0.3, 0.4) is 0 Å². The SMILES string of the molecule is c1ccc(CNc2ncnc3c2sc2nc(N4CCCCC4)c4c(c23)CCCC4)cc1. The highest BCUT2D eigenvalue weighted by Gasteiger charge is 2.26. The Morgan fingerprint density at radius 3 is 2.55 bits per heavy atom. The third kappa shape index (κ3) is 3.43. The Labute approximate surface area is 186 Å². The van der Waals surface area contributed by atoms with Crippen molar-refractivity contribution >= 4 is 43.4 Å². The molecule has 1 aromatic carbocycles. The summed E-state index contributed by atoms with van der Waals surface area (Å²) in [7, 11) is 0. The van der Waals surface area contributed by atoms with Crippen LogP contribution in [0.25, 0.3) is 20.4 Å². The van der Waals surface area contributed by atoms with Crippen LogP contribution in [-0.2, 0) is 19.4 Å². The van der Waals surface area contributed by atoms with Gasteiger partial charge >= 0.3 is 0 Å². The maximum atomic E-state index is 5.26. The van der Waals surface area contributed by atoms with E-state index < -0.39 is 0 Å². The van der Waals surface area contributed by atoms with Gasteiger partial charge in [-0.2, -0.15) is 0 Å². The Morgan fingerprint density at radius 1 is 0.903 bits per heavy atom. The van der Waals surface area contributed by atoms with Crippen molar-refractivity contribution in [3.63, 3.8) is 0 Å². The lowest BCUT2D eigenvalue weighted by Crippen LogP contribution is -2.31. The number of pyridine rings is 1. The zero-order valence-electron chi connectivity index (χ0n) is 17.7. The molecule has 5 nitrogen and oxygen atoms in total. The van der Waals surface area contributed by atoms with Crippen LogP contribution in [0.2, 0.25) is 0 Å². The van der Waals surface area contributed by atoms with Gasteiger partial charge in [0.05, 0.1) is 10.2 Å². The summed E-state index contributed by atoms with van der Waals surface area (Å²) < 4.78 is 1.13. The summed E-state index contributed by atoms with van der Waals surface area (Å²) >= 11 is 1.75. The highest BCUT2D eigenvalue weighted by molar-refractivity contribution is 7.26. The van der Waals surface area contributed by atoms with Gasteiger partial charge in [0.2, 0.25) is 0 Å². The third-order valence-electron chi connectivity index (χ3n) is 6.66. The first-order chi connectivity index (χ1) is 15.4. The number of aromatic nitrogens is 3. The van der Waals surface area contributed by atoms with Gasteiger partial charge in [-0.1, -0.05) is 30.3 Å². The van der Waals surface area contributed by atoms with Crippen LogP contribution in [0.15, 0.2) is 36.7 Å². The molecule has 0 spiro atoms. The zero-order chi connectivity index (χ0) is 20.6. The van der Waals surface area contributed by atoms with Crippen molar-refractivity contribution in [2.24, 2.45) is 0 Å². The quantitative estimate of drug-likeness (QED) is 0.450. The lowest BCUT2D eigenvalue weighted by atomic mass is 9.89. The van der Waals surface area contributed by atoms with E-state index in [1.54, 1.807) is 17.7 Å². The van der Waals surface area contributed by atoms with Crippen LogP contribution in [0, 0.1) is 0 Å². The number of benzene rings is 1. The molecule has 3 aromatic heterocycles. The maximum absolute atomic E-state index is 5.26. The first-order valence-corrected chi connectivity index (χ1v) is 12.3. The fraction of sp³-hybridized carbons (Fsp3) is 0.400. The molecular weight excluding hydrogens is 402 g/mol. The number of hydrogen-bond acceptors (Lipinski definition) is 6. The number of nitrogens with one attached hydrogen (secondary N) is 1. The smallest absolute Gasteiger partial charge is 0.147 e. The van der Waals surface area contributed by atoms with Crippen molar-refractivity contribution in [1.82, 2.24) is 15.0 Å². The van der Waals surface area contributed by atoms with Gasteiger partial charge in [-0.15, -0.1) is 11.3 Å². The molecule has 158 valence electrons. The topological polar surface area (TPSA) is 53.9 Å². The molecule has 1 N–H and O–H groups in total. The second-order valence-electron chi connectivity index (χ2n) is 8.67. The summed E-state index contributed by atoms with van der Waals surface area (Å²) in [6.45, 7) is 3.03. The molecular formula is C25H27N5S. The minimum absolute atomic E-state index is 0.756. The molecule has 1 fully saturated rings. The summed E-state index contributed by atoms with van der Waals surface area (Å²) in [5, 5.41) is 4.82. The van der Waals surface area contributed by atoms with Crippen molar-refractivity contribution in [1.29, 1.82) is 0 Å². The fourth-order valence-corrected chi connectivity index (χ4v) is 6.24. The molecule has 6 heteroatoms. The van der Waals surface area contributed by atoms with E-state index in [0.29, 0.717) is 0 Å². The number of piperidine rings is 1. The van der Waals surface area contributed by atoms with E-state index in [-0.39, 0.29) is 0 Å². The summed E-state index contributed by atoms with van der Waals surface area (Å²) in [5.74, 6) is 2.17. The van der Waals surface area contributed by atoms with E-state index in [0.717, 1.165) is 53.3 Å². The normalized spacial score (nSPS) is 16.6. The largest absolute Gasteiger partial charge is 0.365 e. The first kappa shape index (κ1) is 19.0. The molecule has 31 heavy (non-hydrogen) atoms. The molecule has 1 aliphatic heterocycles. The Hall–Kier alpha value is -2.73. The predicted molar refractivity (Wildman–Crippen MR) is 129 cm³/mol. The van der Waals surface area contributed by atoms with E-state index in [4.69, 9.17) is 9.97 Å². The van der Waals surface area contributed by atoms with Crippen LogP contribution in [0.1, 0.15) is 48.8 Å². The van der Waals surface area contributed by atoms with Gasteiger partial charge in [0.15, 0.2) is 0 Å².